The Hall–Kier alpha value is -1.32. The Morgan fingerprint density at radius 3 is 3.45 bits per heavy atom. The van der Waals surface area contributed by atoms with Gasteiger partial charge in [0.25, 0.3) is 0 Å². The zero-order valence-electron chi connectivity index (χ0n) is 6.24. The molecule has 11 heavy (non-hydrogen) atoms. The number of aromatic nitrogens is 2. The lowest BCUT2D eigenvalue weighted by atomic mass is 10.2. The van der Waals surface area contributed by atoms with Crippen molar-refractivity contribution < 1.29 is 4.79 Å². The van der Waals surface area contributed by atoms with E-state index in [-0.39, 0.29) is 11.9 Å². The van der Waals surface area contributed by atoms with Crippen molar-refractivity contribution in [2.75, 3.05) is 0 Å². The molecule has 1 N–H and O–H groups in total. The van der Waals surface area contributed by atoms with E-state index >= 15 is 0 Å². The minimum Gasteiger partial charge on any atom is -0.345 e. The van der Waals surface area contributed by atoms with E-state index in [4.69, 9.17) is 0 Å². The van der Waals surface area contributed by atoms with Gasteiger partial charge in [-0.05, 0) is 6.92 Å². The lowest BCUT2D eigenvalue weighted by Gasteiger charge is -2.20. The maximum Gasteiger partial charge on any atom is 0.240 e. The third kappa shape index (κ3) is 0.906. The molecular formula is C7H9N3O. The lowest BCUT2D eigenvalue weighted by molar-refractivity contribution is -0.123. The van der Waals surface area contributed by atoms with Gasteiger partial charge in [0, 0.05) is 12.4 Å². The molecule has 58 valence electrons. The van der Waals surface area contributed by atoms with E-state index in [0.29, 0.717) is 6.54 Å². The van der Waals surface area contributed by atoms with Crippen LogP contribution in [0.15, 0.2) is 12.4 Å². The molecule has 1 aliphatic heterocycles. The molecule has 0 spiro atoms. The third-order valence-electron chi connectivity index (χ3n) is 1.83. The quantitative estimate of drug-likeness (QED) is 0.570. The van der Waals surface area contributed by atoms with Crippen molar-refractivity contribution in [2.45, 2.75) is 19.5 Å². The highest BCUT2D eigenvalue weighted by Crippen LogP contribution is 2.13. The first kappa shape index (κ1) is 6.39. The topological polar surface area (TPSA) is 46.9 Å². The highest BCUT2D eigenvalue weighted by atomic mass is 16.2. The Kier molecular flexibility index (Phi) is 1.21. The number of carbonyl (C=O) groups is 1. The van der Waals surface area contributed by atoms with Crippen molar-refractivity contribution >= 4 is 5.91 Å². The van der Waals surface area contributed by atoms with Crippen molar-refractivity contribution in [1.29, 1.82) is 0 Å². The van der Waals surface area contributed by atoms with Crippen LogP contribution >= 0.6 is 0 Å². The Morgan fingerprint density at radius 2 is 2.64 bits per heavy atom. The summed E-state index contributed by atoms with van der Waals surface area (Å²) in [7, 11) is 0. The molecular weight excluding hydrogens is 142 g/mol. The summed E-state index contributed by atoms with van der Waals surface area (Å²) in [5.74, 6) is 0.993. The van der Waals surface area contributed by atoms with Gasteiger partial charge in [-0.25, -0.2) is 4.98 Å². The molecule has 0 radical (unpaired) electrons. The number of fused-ring (bicyclic) bond motifs is 1. The van der Waals surface area contributed by atoms with Crippen molar-refractivity contribution in [3.63, 3.8) is 0 Å². The van der Waals surface area contributed by atoms with Gasteiger partial charge in [-0.15, -0.1) is 0 Å². The summed E-state index contributed by atoms with van der Waals surface area (Å²) < 4.78 is 1.86. The van der Waals surface area contributed by atoms with Gasteiger partial charge in [0.05, 0.1) is 6.04 Å². The zero-order chi connectivity index (χ0) is 7.84. The number of amides is 1. The van der Waals surface area contributed by atoms with E-state index in [9.17, 15) is 4.79 Å². The van der Waals surface area contributed by atoms with Crippen LogP contribution in [0, 0.1) is 0 Å². The maximum atomic E-state index is 11.0. The maximum absolute atomic E-state index is 11.0. The number of nitrogens with zero attached hydrogens (tertiary/aromatic N) is 2. The van der Waals surface area contributed by atoms with Gasteiger partial charge >= 0.3 is 0 Å². The van der Waals surface area contributed by atoms with Crippen LogP contribution < -0.4 is 5.32 Å². The molecule has 1 aliphatic rings. The van der Waals surface area contributed by atoms with Crippen LogP contribution in [0.3, 0.4) is 0 Å². The second-order valence-electron chi connectivity index (χ2n) is 2.70. The lowest BCUT2D eigenvalue weighted by Crippen LogP contribution is -2.37. The Bertz CT molecular complexity index is 292. The van der Waals surface area contributed by atoms with Crippen LogP contribution in [0.4, 0.5) is 0 Å². The van der Waals surface area contributed by atoms with Gasteiger partial charge in [-0.2, -0.15) is 0 Å². The smallest absolute Gasteiger partial charge is 0.240 e. The normalized spacial score (nSPS) is 22.6. The summed E-state index contributed by atoms with van der Waals surface area (Å²) in [5.41, 5.74) is 0. The largest absolute Gasteiger partial charge is 0.345 e. The predicted molar refractivity (Wildman–Crippen MR) is 38.8 cm³/mol. The van der Waals surface area contributed by atoms with Crippen LogP contribution in [0.25, 0.3) is 0 Å². The molecule has 0 saturated carbocycles. The average molecular weight is 151 g/mol. The van der Waals surface area contributed by atoms with E-state index < -0.39 is 0 Å². The number of nitrogens with one attached hydrogen (secondary N) is 1. The fourth-order valence-electron chi connectivity index (χ4n) is 1.34. The number of rotatable bonds is 0. The van der Waals surface area contributed by atoms with Gasteiger partial charge < -0.3 is 9.88 Å². The minimum absolute atomic E-state index is 0.0475. The van der Waals surface area contributed by atoms with E-state index in [1.54, 1.807) is 6.20 Å². The van der Waals surface area contributed by atoms with Gasteiger partial charge in [0.1, 0.15) is 12.4 Å². The highest BCUT2D eigenvalue weighted by molar-refractivity contribution is 5.77. The first-order valence-electron chi connectivity index (χ1n) is 3.58. The van der Waals surface area contributed by atoms with E-state index in [1.807, 2.05) is 17.7 Å². The van der Waals surface area contributed by atoms with Crippen LogP contribution in [0.1, 0.15) is 18.8 Å². The Morgan fingerprint density at radius 1 is 1.82 bits per heavy atom. The van der Waals surface area contributed by atoms with Crippen LogP contribution in [0.5, 0.6) is 0 Å². The standard InChI is InChI=1S/C7H9N3O/c1-5-7-8-2-3-10(7)4-6(11)9-5/h2-3,5H,4H2,1H3,(H,9,11). The van der Waals surface area contributed by atoms with Gasteiger partial charge in [0.2, 0.25) is 5.91 Å². The average Bonchev–Trinajstić information content (AvgIpc) is 2.34. The summed E-state index contributed by atoms with van der Waals surface area (Å²) in [6.07, 6.45) is 3.54. The number of hydrogen-bond acceptors (Lipinski definition) is 2. The molecule has 0 aliphatic carbocycles. The molecule has 4 nitrogen and oxygen atoms in total. The van der Waals surface area contributed by atoms with Gasteiger partial charge in [0.15, 0.2) is 0 Å². The number of carbonyl (C=O) groups excluding carboxylic acids is 1. The number of hydrogen-bond donors (Lipinski definition) is 1. The summed E-state index contributed by atoms with van der Waals surface area (Å²) in [6.45, 7) is 2.33. The highest BCUT2D eigenvalue weighted by Gasteiger charge is 2.20. The van der Waals surface area contributed by atoms with Crippen LogP contribution in [0.2, 0.25) is 0 Å². The third-order valence-corrected chi connectivity index (χ3v) is 1.83. The molecule has 1 atom stereocenters. The Balaban J connectivity index is 2.43. The second-order valence-corrected chi connectivity index (χ2v) is 2.70. The second kappa shape index (κ2) is 2.08. The summed E-state index contributed by atoms with van der Waals surface area (Å²) in [6, 6.07) is 0.0475. The summed E-state index contributed by atoms with van der Waals surface area (Å²) >= 11 is 0. The fourth-order valence-corrected chi connectivity index (χ4v) is 1.34. The number of imidazole rings is 1. The summed E-state index contributed by atoms with van der Waals surface area (Å²) in [5, 5.41) is 2.80. The van der Waals surface area contributed by atoms with Crippen molar-refractivity contribution in [2.24, 2.45) is 0 Å². The molecule has 0 fully saturated rings. The van der Waals surface area contributed by atoms with Gasteiger partial charge in [-0.3, -0.25) is 4.79 Å². The molecule has 1 aromatic heterocycles. The molecule has 1 amide bonds. The first-order valence-corrected chi connectivity index (χ1v) is 3.58. The first-order chi connectivity index (χ1) is 5.27. The fraction of sp³-hybridized carbons (Fsp3) is 0.429. The predicted octanol–water partition coefficient (Wildman–Crippen LogP) is 0.0739. The van der Waals surface area contributed by atoms with Crippen molar-refractivity contribution in [1.82, 2.24) is 14.9 Å². The molecule has 1 unspecified atom stereocenters. The van der Waals surface area contributed by atoms with E-state index in [1.165, 1.54) is 0 Å². The monoisotopic (exact) mass is 151 g/mol. The SMILES string of the molecule is CC1NC(=O)Cn2ccnc21. The molecule has 0 aromatic carbocycles. The molecule has 0 bridgehead atoms. The molecule has 1 aromatic rings. The van der Waals surface area contributed by atoms with Crippen molar-refractivity contribution in [3.8, 4) is 0 Å². The van der Waals surface area contributed by atoms with Crippen LogP contribution in [-0.2, 0) is 11.3 Å². The van der Waals surface area contributed by atoms with E-state index in [0.717, 1.165) is 5.82 Å². The Labute approximate surface area is 64.2 Å². The molecule has 2 heterocycles. The van der Waals surface area contributed by atoms with Crippen molar-refractivity contribution in [3.05, 3.63) is 18.2 Å². The van der Waals surface area contributed by atoms with Crippen LogP contribution in [-0.4, -0.2) is 15.5 Å². The molecule has 4 heteroatoms. The molecule has 2 rings (SSSR count). The molecule has 0 saturated heterocycles. The van der Waals surface area contributed by atoms with Gasteiger partial charge in [-0.1, -0.05) is 0 Å². The summed E-state index contributed by atoms with van der Waals surface area (Å²) in [4.78, 5) is 15.1. The minimum atomic E-state index is 0.0475. The zero-order valence-corrected chi connectivity index (χ0v) is 6.24. The van der Waals surface area contributed by atoms with E-state index in [2.05, 4.69) is 10.3 Å².